The number of imidazole rings is 1. The summed E-state index contributed by atoms with van der Waals surface area (Å²) in [6.07, 6.45) is 3.49. The Morgan fingerprint density at radius 1 is 1.00 bits per heavy atom. The van der Waals surface area contributed by atoms with Crippen molar-refractivity contribution in [1.82, 2.24) is 19.5 Å². The summed E-state index contributed by atoms with van der Waals surface area (Å²) in [6.45, 7) is 0.574. The molecule has 0 radical (unpaired) electrons. The van der Waals surface area contributed by atoms with Crippen molar-refractivity contribution in [1.29, 1.82) is 0 Å². The van der Waals surface area contributed by atoms with Gasteiger partial charge in [0, 0.05) is 17.1 Å². The summed E-state index contributed by atoms with van der Waals surface area (Å²) in [6, 6.07) is 17.6. The molecule has 5 aromatic rings. The molecule has 0 aliphatic rings. The molecule has 0 spiro atoms. The number of pyridine rings is 2. The first kappa shape index (κ1) is 17.9. The van der Waals surface area contributed by atoms with Crippen LogP contribution in [0.5, 0.6) is 0 Å². The highest BCUT2D eigenvalue weighted by Crippen LogP contribution is 2.24. The molecular formula is C23H15FN4O2. The van der Waals surface area contributed by atoms with E-state index in [0.717, 1.165) is 22.0 Å². The molecule has 0 aliphatic carbocycles. The highest BCUT2D eigenvalue weighted by atomic mass is 19.1. The molecule has 0 amide bonds. The molecule has 5 rings (SSSR count). The molecular weight excluding hydrogens is 383 g/mol. The molecule has 0 bridgehead atoms. The average molecular weight is 398 g/mol. The van der Waals surface area contributed by atoms with E-state index in [-0.39, 0.29) is 5.56 Å². The number of fused-ring (bicyclic) bond motifs is 2. The number of aromatic nitrogens is 4. The van der Waals surface area contributed by atoms with Gasteiger partial charge in [-0.1, -0.05) is 18.2 Å². The number of carbonyl (C=O) groups is 1. The lowest BCUT2D eigenvalue weighted by Crippen LogP contribution is -2.01. The molecule has 3 aromatic heterocycles. The maximum Gasteiger partial charge on any atom is 0.338 e. The minimum Gasteiger partial charge on any atom is -0.478 e. The topological polar surface area (TPSA) is 80.9 Å². The van der Waals surface area contributed by atoms with Crippen LogP contribution >= 0.6 is 0 Å². The summed E-state index contributed by atoms with van der Waals surface area (Å²) < 4.78 is 16.0. The van der Waals surface area contributed by atoms with Gasteiger partial charge in [-0.2, -0.15) is 0 Å². The van der Waals surface area contributed by atoms with Crippen molar-refractivity contribution in [3.63, 3.8) is 0 Å². The molecule has 0 saturated heterocycles. The molecule has 0 atom stereocenters. The highest BCUT2D eigenvalue weighted by molar-refractivity contribution is 5.88. The zero-order valence-electron chi connectivity index (χ0n) is 15.7. The Morgan fingerprint density at radius 2 is 1.87 bits per heavy atom. The van der Waals surface area contributed by atoms with Crippen LogP contribution in [0.4, 0.5) is 4.39 Å². The van der Waals surface area contributed by atoms with E-state index >= 15 is 0 Å². The number of benzene rings is 2. The van der Waals surface area contributed by atoms with Crippen LogP contribution in [0.3, 0.4) is 0 Å². The summed E-state index contributed by atoms with van der Waals surface area (Å²) in [5.74, 6) is -2.09. The summed E-state index contributed by atoms with van der Waals surface area (Å²) in [7, 11) is 0. The van der Waals surface area contributed by atoms with E-state index in [1.165, 1.54) is 12.1 Å². The molecule has 0 fully saturated rings. The fraction of sp³-hybridized carbons (Fsp3) is 0.0435. The van der Waals surface area contributed by atoms with E-state index in [0.29, 0.717) is 23.4 Å². The largest absolute Gasteiger partial charge is 0.478 e. The Bertz CT molecular complexity index is 1430. The molecule has 146 valence electrons. The Kier molecular flexibility index (Phi) is 4.21. The summed E-state index contributed by atoms with van der Waals surface area (Å²) >= 11 is 0. The number of aromatic carboxylic acids is 1. The van der Waals surface area contributed by atoms with Crippen LogP contribution in [0.1, 0.15) is 15.9 Å². The van der Waals surface area contributed by atoms with Crippen LogP contribution in [0.25, 0.3) is 33.3 Å². The van der Waals surface area contributed by atoms with Gasteiger partial charge in [-0.15, -0.1) is 0 Å². The van der Waals surface area contributed by atoms with E-state index in [1.54, 1.807) is 24.7 Å². The molecule has 1 N–H and O–H groups in total. The normalized spacial score (nSPS) is 11.2. The van der Waals surface area contributed by atoms with Gasteiger partial charge in [0.1, 0.15) is 11.3 Å². The minimum absolute atomic E-state index is 0.365. The van der Waals surface area contributed by atoms with E-state index in [9.17, 15) is 9.18 Å². The molecule has 0 aliphatic heterocycles. The number of nitrogens with zero attached hydrogens (tertiary/aromatic N) is 4. The number of hydrogen-bond donors (Lipinski definition) is 1. The van der Waals surface area contributed by atoms with Crippen molar-refractivity contribution < 1.29 is 14.3 Å². The number of rotatable bonds is 4. The van der Waals surface area contributed by atoms with Crippen LogP contribution in [0, 0.1) is 5.82 Å². The standard InChI is InChI=1S/C23H15FN4O2/c24-18-11-16(4-5-17(18)23(29)30)20-7-8-21-22(27-20)28(13-26-21)12-14-3-6-19-15(10-14)2-1-9-25-19/h1-11,13H,12H2,(H,29,30). The number of carboxylic acids is 1. The molecule has 30 heavy (non-hydrogen) atoms. The number of carboxylic acid groups (broad SMARTS) is 1. The molecule has 2 aromatic carbocycles. The predicted octanol–water partition coefficient (Wildman–Crippen LogP) is 4.53. The monoisotopic (exact) mass is 398 g/mol. The van der Waals surface area contributed by atoms with Gasteiger partial charge in [-0.05, 0) is 48.0 Å². The quantitative estimate of drug-likeness (QED) is 0.481. The zero-order chi connectivity index (χ0) is 20.7. The van der Waals surface area contributed by atoms with Gasteiger partial charge in [0.15, 0.2) is 5.65 Å². The third-order valence-electron chi connectivity index (χ3n) is 4.98. The van der Waals surface area contributed by atoms with E-state index in [4.69, 9.17) is 5.11 Å². The first-order chi connectivity index (χ1) is 14.6. The van der Waals surface area contributed by atoms with E-state index < -0.39 is 11.8 Å². The van der Waals surface area contributed by atoms with Crippen molar-refractivity contribution in [3.05, 3.63) is 90.1 Å². The van der Waals surface area contributed by atoms with Crippen LogP contribution in [0.15, 0.2) is 73.2 Å². The van der Waals surface area contributed by atoms with Crippen LogP contribution in [0.2, 0.25) is 0 Å². The molecule has 6 nitrogen and oxygen atoms in total. The Balaban J connectivity index is 1.52. The third-order valence-corrected chi connectivity index (χ3v) is 4.98. The van der Waals surface area contributed by atoms with Crippen molar-refractivity contribution in [3.8, 4) is 11.3 Å². The van der Waals surface area contributed by atoms with E-state index in [2.05, 4.69) is 21.0 Å². The second-order valence-electron chi connectivity index (χ2n) is 6.94. The second kappa shape index (κ2) is 7.04. The number of hydrogen-bond acceptors (Lipinski definition) is 4. The smallest absolute Gasteiger partial charge is 0.338 e. The first-order valence-corrected chi connectivity index (χ1v) is 9.27. The SMILES string of the molecule is O=C(O)c1ccc(-c2ccc3ncn(Cc4ccc5ncccc5c4)c3n2)cc1F. The van der Waals surface area contributed by atoms with Crippen molar-refractivity contribution >= 4 is 28.0 Å². The maximum atomic E-state index is 14.1. The zero-order valence-corrected chi connectivity index (χ0v) is 15.7. The average Bonchev–Trinajstić information content (AvgIpc) is 3.15. The van der Waals surface area contributed by atoms with Gasteiger partial charge in [0.2, 0.25) is 0 Å². The van der Waals surface area contributed by atoms with Crippen LogP contribution in [-0.2, 0) is 6.54 Å². The lowest BCUT2D eigenvalue weighted by molar-refractivity contribution is 0.0692. The van der Waals surface area contributed by atoms with Crippen molar-refractivity contribution in [2.45, 2.75) is 6.54 Å². The lowest BCUT2D eigenvalue weighted by Gasteiger charge is -2.07. The highest BCUT2D eigenvalue weighted by Gasteiger charge is 2.13. The summed E-state index contributed by atoms with van der Waals surface area (Å²) in [4.78, 5) is 24.4. The van der Waals surface area contributed by atoms with Crippen molar-refractivity contribution in [2.24, 2.45) is 0 Å². The van der Waals surface area contributed by atoms with Gasteiger partial charge in [-0.25, -0.2) is 19.2 Å². The number of halogens is 1. The summed E-state index contributed by atoms with van der Waals surface area (Å²) in [5, 5.41) is 10.1. The van der Waals surface area contributed by atoms with Gasteiger partial charge in [0.25, 0.3) is 0 Å². The maximum absolute atomic E-state index is 14.1. The predicted molar refractivity (Wildman–Crippen MR) is 111 cm³/mol. The lowest BCUT2D eigenvalue weighted by atomic mass is 10.1. The van der Waals surface area contributed by atoms with Crippen LogP contribution in [-0.4, -0.2) is 30.6 Å². The van der Waals surface area contributed by atoms with Gasteiger partial charge < -0.3 is 9.67 Å². The fourth-order valence-corrected chi connectivity index (χ4v) is 3.48. The molecule has 0 saturated carbocycles. The van der Waals surface area contributed by atoms with Gasteiger partial charge in [-0.3, -0.25) is 4.98 Å². The minimum atomic E-state index is -1.30. The van der Waals surface area contributed by atoms with Crippen LogP contribution < -0.4 is 0 Å². The second-order valence-corrected chi connectivity index (χ2v) is 6.94. The Labute approximate surface area is 170 Å². The summed E-state index contributed by atoms with van der Waals surface area (Å²) in [5.41, 5.74) is 4.09. The molecule has 7 heteroatoms. The van der Waals surface area contributed by atoms with E-state index in [1.807, 2.05) is 34.9 Å². The van der Waals surface area contributed by atoms with Gasteiger partial charge in [0.05, 0.1) is 29.6 Å². The van der Waals surface area contributed by atoms with Gasteiger partial charge >= 0.3 is 5.97 Å². The Hall–Kier alpha value is -4.13. The fourth-order valence-electron chi connectivity index (χ4n) is 3.48. The third kappa shape index (κ3) is 3.16. The molecule has 0 unspecified atom stereocenters. The molecule has 3 heterocycles. The Morgan fingerprint density at radius 3 is 2.70 bits per heavy atom. The van der Waals surface area contributed by atoms with Crippen molar-refractivity contribution in [2.75, 3.05) is 0 Å². The first-order valence-electron chi connectivity index (χ1n) is 9.27.